The van der Waals surface area contributed by atoms with Crippen molar-refractivity contribution in [3.05, 3.63) is 12.4 Å². The van der Waals surface area contributed by atoms with Gasteiger partial charge in [-0.3, -0.25) is 4.84 Å². The largest absolute Gasteiger partial charge is 0.356 e. The molecule has 0 unspecified atom stereocenters. The van der Waals surface area contributed by atoms with Gasteiger partial charge < -0.3 is 4.90 Å². The minimum atomic E-state index is 0.742. The van der Waals surface area contributed by atoms with Crippen molar-refractivity contribution >= 4 is 0 Å². The quantitative estimate of drug-likeness (QED) is 0.625. The molecule has 1 rings (SSSR count). The number of hydrogen-bond acceptors (Lipinski definition) is 3. The summed E-state index contributed by atoms with van der Waals surface area (Å²) in [6, 6.07) is 0. The molecule has 0 aromatic heterocycles. The number of rotatable bonds is 5. The molecule has 0 aliphatic carbocycles. The highest BCUT2D eigenvalue weighted by atomic mass is 16.7. The van der Waals surface area contributed by atoms with E-state index in [-0.39, 0.29) is 0 Å². The first-order valence-electron chi connectivity index (χ1n) is 4.68. The molecule has 0 N–H and O–H groups in total. The minimum Gasteiger partial charge on any atom is -0.356 e. The van der Waals surface area contributed by atoms with Crippen LogP contribution < -0.4 is 0 Å². The molecule has 1 heterocycles. The van der Waals surface area contributed by atoms with E-state index in [4.69, 9.17) is 4.84 Å². The van der Waals surface area contributed by atoms with Crippen molar-refractivity contribution in [3.8, 4) is 0 Å². The fraction of sp³-hybridized carbons (Fsp3) is 0.778. The monoisotopic (exact) mass is 170 g/mol. The van der Waals surface area contributed by atoms with Crippen LogP contribution >= 0.6 is 0 Å². The summed E-state index contributed by atoms with van der Waals surface area (Å²) in [6.45, 7) is 6.97. The van der Waals surface area contributed by atoms with Gasteiger partial charge in [-0.1, -0.05) is 13.3 Å². The van der Waals surface area contributed by atoms with E-state index in [1.54, 1.807) is 0 Å². The lowest BCUT2D eigenvalue weighted by atomic mass is 10.3. The van der Waals surface area contributed by atoms with Crippen molar-refractivity contribution in [3.63, 3.8) is 0 Å². The van der Waals surface area contributed by atoms with Crippen molar-refractivity contribution in [2.75, 3.05) is 19.8 Å². The average molecular weight is 170 g/mol. The first-order valence-corrected chi connectivity index (χ1v) is 4.68. The normalized spacial score (nSPS) is 16.2. The zero-order chi connectivity index (χ0) is 8.81. The molecule has 0 saturated carbocycles. The lowest BCUT2D eigenvalue weighted by Gasteiger charge is -2.19. The minimum absolute atomic E-state index is 0.742. The van der Waals surface area contributed by atoms with Crippen LogP contribution in [0.15, 0.2) is 12.4 Å². The summed E-state index contributed by atoms with van der Waals surface area (Å²) >= 11 is 0. The molecule has 0 saturated heterocycles. The van der Waals surface area contributed by atoms with Gasteiger partial charge in [-0.25, -0.2) is 5.06 Å². The number of unbranched alkanes of at least 4 members (excludes halogenated alkanes) is 1. The predicted molar refractivity (Wildman–Crippen MR) is 49.1 cm³/mol. The standard InChI is InChI=1S/C9H18N2O/c1-3-5-6-10-7-8-11(9-10)12-4-2/h7-8H,3-6,9H2,1-2H3. The highest BCUT2D eigenvalue weighted by molar-refractivity contribution is 4.86. The van der Waals surface area contributed by atoms with E-state index < -0.39 is 0 Å². The van der Waals surface area contributed by atoms with Crippen LogP contribution in [0.5, 0.6) is 0 Å². The Hall–Kier alpha value is -0.700. The number of hydroxylamine groups is 2. The highest BCUT2D eigenvalue weighted by Crippen LogP contribution is 2.07. The van der Waals surface area contributed by atoms with Gasteiger partial charge in [-0.2, -0.15) is 0 Å². The van der Waals surface area contributed by atoms with Crippen LogP contribution in [0.3, 0.4) is 0 Å². The Balaban J connectivity index is 2.14. The molecule has 3 nitrogen and oxygen atoms in total. The summed E-state index contributed by atoms with van der Waals surface area (Å²) < 4.78 is 0. The molecule has 12 heavy (non-hydrogen) atoms. The van der Waals surface area contributed by atoms with E-state index in [1.807, 2.05) is 18.2 Å². The molecule has 1 aliphatic rings. The fourth-order valence-corrected chi connectivity index (χ4v) is 1.20. The third kappa shape index (κ3) is 2.74. The first-order chi connectivity index (χ1) is 5.86. The molecule has 3 heteroatoms. The Morgan fingerprint density at radius 2 is 2.17 bits per heavy atom. The molecule has 0 spiro atoms. The molecule has 0 radical (unpaired) electrons. The van der Waals surface area contributed by atoms with Crippen molar-refractivity contribution in [1.82, 2.24) is 9.96 Å². The Labute approximate surface area is 74.6 Å². The number of hydrogen-bond donors (Lipinski definition) is 0. The molecule has 1 aliphatic heterocycles. The third-order valence-electron chi connectivity index (χ3n) is 1.86. The van der Waals surface area contributed by atoms with E-state index in [0.717, 1.165) is 19.8 Å². The second-order valence-electron chi connectivity index (χ2n) is 2.94. The van der Waals surface area contributed by atoms with E-state index >= 15 is 0 Å². The van der Waals surface area contributed by atoms with Crippen LogP contribution in [0, 0.1) is 0 Å². The molecule has 0 atom stereocenters. The Morgan fingerprint density at radius 3 is 2.83 bits per heavy atom. The summed E-state index contributed by atoms with van der Waals surface area (Å²) in [5, 5.41) is 1.87. The van der Waals surface area contributed by atoms with Crippen LogP contribution in [0.25, 0.3) is 0 Å². The van der Waals surface area contributed by atoms with Crippen molar-refractivity contribution in [2.24, 2.45) is 0 Å². The van der Waals surface area contributed by atoms with Gasteiger partial charge in [0, 0.05) is 18.9 Å². The third-order valence-corrected chi connectivity index (χ3v) is 1.86. The second-order valence-corrected chi connectivity index (χ2v) is 2.94. The SMILES string of the molecule is CCCCN1C=CN(OCC)C1. The van der Waals surface area contributed by atoms with Crippen molar-refractivity contribution < 1.29 is 4.84 Å². The molecule has 70 valence electrons. The Kier molecular flexibility index (Phi) is 3.94. The highest BCUT2D eigenvalue weighted by Gasteiger charge is 2.10. The van der Waals surface area contributed by atoms with Crippen LogP contribution in [0.2, 0.25) is 0 Å². The smallest absolute Gasteiger partial charge is 0.115 e. The van der Waals surface area contributed by atoms with Gasteiger partial charge in [0.1, 0.15) is 6.67 Å². The van der Waals surface area contributed by atoms with Gasteiger partial charge in [-0.05, 0) is 13.3 Å². The fourth-order valence-electron chi connectivity index (χ4n) is 1.20. The summed E-state index contributed by atoms with van der Waals surface area (Å²) in [6.07, 6.45) is 6.58. The second kappa shape index (κ2) is 5.04. The maximum absolute atomic E-state index is 5.32. The van der Waals surface area contributed by atoms with Crippen LogP contribution in [0.1, 0.15) is 26.7 Å². The van der Waals surface area contributed by atoms with E-state index in [0.29, 0.717) is 0 Å². The predicted octanol–water partition coefficient (Wildman–Crippen LogP) is 1.78. The van der Waals surface area contributed by atoms with Gasteiger partial charge >= 0.3 is 0 Å². The molecule has 0 amide bonds. The molecule has 0 bridgehead atoms. The first kappa shape index (κ1) is 9.39. The summed E-state index contributed by atoms with van der Waals surface area (Å²) in [4.78, 5) is 7.58. The van der Waals surface area contributed by atoms with E-state index in [2.05, 4.69) is 18.0 Å². The van der Waals surface area contributed by atoms with Gasteiger partial charge in [0.25, 0.3) is 0 Å². The lowest BCUT2D eigenvalue weighted by molar-refractivity contribution is -0.123. The van der Waals surface area contributed by atoms with E-state index in [1.165, 1.54) is 12.8 Å². The Bertz CT molecular complexity index is 147. The Morgan fingerprint density at radius 1 is 1.33 bits per heavy atom. The molecular weight excluding hydrogens is 152 g/mol. The van der Waals surface area contributed by atoms with Crippen LogP contribution in [0.4, 0.5) is 0 Å². The average Bonchev–Trinajstić information content (AvgIpc) is 2.50. The maximum Gasteiger partial charge on any atom is 0.115 e. The van der Waals surface area contributed by atoms with Crippen LogP contribution in [-0.2, 0) is 4.84 Å². The van der Waals surface area contributed by atoms with Gasteiger partial charge in [0.05, 0.1) is 6.61 Å². The lowest BCUT2D eigenvalue weighted by Crippen LogP contribution is -2.26. The molecule has 0 fully saturated rings. The summed E-state index contributed by atoms with van der Waals surface area (Å²) in [5.41, 5.74) is 0. The molecule has 0 aromatic rings. The topological polar surface area (TPSA) is 15.7 Å². The van der Waals surface area contributed by atoms with Gasteiger partial charge in [-0.15, -0.1) is 0 Å². The van der Waals surface area contributed by atoms with Crippen LogP contribution in [-0.4, -0.2) is 29.8 Å². The molecular formula is C9H18N2O. The van der Waals surface area contributed by atoms with E-state index in [9.17, 15) is 0 Å². The maximum atomic E-state index is 5.32. The van der Waals surface area contributed by atoms with Crippen molar-refractivity contribution in [2.45, 2.75) is 26.7 Å². The molecule has 0 aromatic carbocycles. The summed E-state index contributed by atoms with van der Waals surface area (Å²) in [7, 11) is 0. The number of nitrogens with zero attached hydrogens (tertiary/aromatic N) is 2. The van der Waals surface area contributed by atoms with Gasteiger partial charge in [0.2, 0.25) is 0 Å². The van der Waals surface area contributed by atoms with Gasteiger partial charge in [0.15, 0.2) is 0 Å². The zero-order valence-corrected chi connectivity index (χ0v) is 7.99. The van der Waals surface area contributed by atoms with Crippen molar-refractivity contribution in [1.29, 1.82) is 0 Å². The summed E-state index contributed by atoms with van der Waals surface area (Å²) in [5.74, 6) is 0. The zero-order valence-electron chi connectivity index (χ0n) is 7.99.